The number of carbonyl (C=O) groups excluding carboxylic acids is 1. The van der Waals surface area contributed by atoms with Crippen LogP contribution in [0.15, 0.2) is 47.6 Å². The van der Waals surface area contributed by atoms with Gasteiger partial charge in [-0.3, -0.25) is 14.8 Å². The second kappa shape index (κ2) is 7.69. The number of anilines is 2. The van der Waals surface area contributed by atoms with E-state index >= 15 is 0 Å². The maximum atomic E-state index is 12.9. The first-order chi connectivity index (χ1) is 12.6. The molecule has 1 saturated heterocycles. The number of hydrogen-bond donors (Lipinski definition) is 3. The second-order valence-corrected chi connectivity index (χ2v) is 5.44. The molecule has 2 aromatic rings. The van der Waals surface area contributed by atoms with Crippen LogP contribution in [0.1, 0.15) is 5.69 Å². The lowest BCUT2D eigenvalue weighted by molar-refractivity contribution is -0.113. The van der Waals surface area contributed by atoms with Gasteiger partial charge in [-0.15, -0.1) is 0 Å². The summed E-state index contributed by atoms with van der Waals surface area (Å²) in [6.45, 7) is 0.0177. The number of hydrogen-bond acceptors (Lipinski definition) is 8. The Morgan fingerprint density at radius 2 is 2.15 bits per heavy atom. The van der Waals surface area contributed by atoms with Crippen LogP contribution in [-0.4, -0.2) is 41.0 Å². The van der Waals surface area contributed by atoms with Crippen LogP contribution in [0.2, 0.25) is 0 Å². The molecule has 1 aromatic carbocycles. The van der Waals surface area contributed by atoms with E-state index in [0.29, 0.717) is 11.4 Å². The normalized spacial score (nSPS) is 18.7. The number of carbonyl (C=O) groups is 1. The molecule has 1 unspecified atom stereocenters. The van der Waals surface area contributed by atoms with Crippen LogP contribution >= 0.6 is 0 Å². The standard InChI is InChI=1S/C17H15FN6O2/c18-11-1-3-12(4-2-11)21-10-22-16-15(25)9-24(23-17(16)26)14-6-5-13(7-19)20-8-14/h1-6,8,17,21,23,26H,9-10H2/b22-16-. The summed E-state index contributed by atoms with van der Waals surface area (Å²) in [6.07, 6.45) is 0.158. The third-order valence-electron chi connectivity index (χ3n) is 3.68. The molecule has 0 spiro atoms. The van der Waals surface area contributed by atoms with E-state index in [2.05, 4.69) is 20.7 Å². The van der Waals surface area contributed by atoms with Gasteiger partial charge in [-0.05, 0) is 36.4 Å². The number of hydrazine groups is 1. The van der Waals surface area contributed by atoms with Crippen LogP contribution in [0.5, 0.6) is 0 Å². The fourth-order valence-corrected chi connectivity index (χ4v) is 2.37. The van der Waals surface area contributed by atoms with Crippen LogP contribution in [0.25, 0.3) is 0 Å². The van der Waals surface area contributed by atoms with Crippen LogP contribution in [-0.2, 0) is 4.79 Å². The monoisotopic (exact) mass is 354 g/mol. The van der Waals surface area contributed by atoms with Gasteiger partial charge in [0.25, 0.3) is 0 Å². The zero-order valence-electron chi connectivity index (χ0n) is 13.6. The molecule has 26 heavy (non-hydrogen) atoms. The van der Waals surface area contributed by atoms with E-state index in [1.54, 1.807) is 18.2 Å². The predicted octanol–water partition coefficient (Wildman–Crippen LogP) is 0.815. The molecule has 1 aromatic heterocycles. The van der Waals surface area contributed by atoms with E-state index in [9.17, 15) is 14.3 Å². The molecular weight excluding hydrogens is 339 g/mol. The highest BCUT2D eigenvalue weighted by molar-refractivity contribution is 6.43. The molecule has 2 heterocycles. The van der Waals surface area contributed by atoms with Crippen LogP contribution in [0, 0.1) is 17.1 Å². The number of halogens is 1. The topological polar surface area (TPSA) is 114 Å². The van der Waals surface area contributed by atoms with E-state index in [-0.39, 0.29) is 36.2 Å². The number of ketones is 1. The van der Waals surface area contributed by atoms with Crippen LogP contribution in [0.3, 0.4) is 0 Å². The van der Waals surface area contributed by atoms with E-state index in [1.165, 1.54) is 29.4 Å². The van der Waals surface area contributed by atoms with Gasteiger partial charge in [0, 0.05) is 5.69 Å². The van der Waals surface area contributed by atoms with Crippen molar-refractivity contribution in [1.29, 1.82) is 5.26 Å². The van der Waals surface area contributed by atoms with Gasteiger partial charge in [0.05, 0.1) is 18.4 Å². The molecule has 1 aliphatic heterocycles. The van der Waals surface area contributed by atoms with Crippen molar-refractivity contribution in [2.24, 2.45) is 4.99 Å². The summed E-state index contributed by atoms with van der Waals surface area (Å²) in [6, 6.07) is 10.8. The summed E-state index contributed by atoms with van der Waals surface area (Å²) in [4.78, 5) is 20.3. The molecule has 9 heteroatoms. The Bertz CT molecular complexity index is 860. The number of Topliss-reactive ketones (excluding diaryl/α,β-unsaturated/α-hetero) is 1. The third-order valence-corrected chi connectivity index (χ3v) is 3.68. The molecule has 0 amide bonds. The lowest BCUT2D eigenvalue weighted by atomic mass is 10.1. The van der Waals surface area contributed by atoms with Gasteiger partial charge in [-0.2, -0.15) is 5.26 Å². The highest BCUT2D eigenvalue weighted by Gasteiger charge is 2.30. The molecule has 0 saturated carbocycles. The quantitative estimate of drug-likeness (QED) is 0.745. The second-order valence-electron chi connectivity index (χ2n) is 5.44. The number of aliphatic hydroxyl groups excluding tert-OH is 1. The van der Waals surface area contributed by atoms with Gasteiger partial charge >= 0.3 is 0 Å². The van der Waals surface area contributed by atoms with Crippen molar-refractivity contribution in [1.82, 2.24) is 10.4 Å². The fraction of sp³-hybridized carbons (Fsp3) is 0.176. The van der Waals surface area contributed by atoms with Gasteiger partial charge in [0.1, 0.15) is 30.0 Å². The first-order valence-electron chi connectivity index (χ1n) is 7.72. The molecule has 3 rings (SSSR count). The number of pyridine rings is 1. The minimum Gasteiger partial charge on any atom is -0.371 e. The van der Waals surface area contributed by atoms with Gasteiger partial charge in [-0.1, -0.05) is 0 Å². The molecule has 0 bridgehead atoms. The first-order valence-corrected chi connectivity index (χ1v) is 7.72. The highest BCUT2D eigenvalue weighted by atomic mass is 19.1. The number of nitrogens with one attached hydrogen (secondary N) is 2. The molecule has 1 atom stereocenters. The number of rotatable bonds is 4. The minimum atomic E-state index is -1.28. The van der Waals surface area contributed by atoms with Gasteiger partial charge in [-0.25, -0.2) is 14.8 Å². The number of aliphatic imine (C=N–C) groups is 1. The Morgan fingerprint density at radius 1 is 1.38 bits per heavy atom. The lowest BCUT2D eigenvalue weighted by Gasteiger charge is -2.32. The van der Waals surface area contributed by atoms with Crippen molar-refractivity contribution >= 4 is 22.9 Å². The van der Waals surface area contributed by atoms with Crippen molar-refractivity contribution in [3.05, 3.63) is 54.1 Å². The van der Waals surface area contributed by atoms with Gasteiger partial charge in [0.15, 0.2) is 6.23 Å². The van der Waals surface area contributed by atoms with Crippen molar-refractivity contribution in [3.63, 3.8) is 0 Å². The minimum absolute atomic E-state index is 0.00235. The number of nitrogens with zero attached hydrogens (tertiary/aromatic N) is 4. The summed E-state index contributed by atoms with van der Waals surface area (Å²) in [5.74, 6) is -0.692. The van der Waals surface area contributed by atoms with Crippen LogP contribution < -0.4 is 15.8 Å². The number of aromatic nitrogens is 1. The fourth-order valence-electron chi connectivity index (χ4n) is 2.37. The Labute approximate surface area is 148 Å². The van der Waals surface area contributed by atoms with E-state index < -0.39 is 6.23 Å². The van der Waals surface area contributed by atoms with E-state index in [0.717, 1.165) is 0 Å². The van der Waals surface area contributed by atoms with Gasteiger partial charge in [0.2, 0.25) is 5.78 Å². The molecular formula is C17H15FN6O2. The summed E-state index contributed by atoms with van der Waals surface area (Å²) in [5, 5.41) is 23.3. The third kappa shape index (κ3) is 4.00. The maximum Gasteiger partial charge on any atom is 0.201 e. The summed E-state index contributed by atoms with van der Waals surface area (Å²) in [7, 11) is 0. The SMILES string of the molecule is N#Cc1ccc(N2CC(=O)/C(=N/CNc3ccc(F)cc3)C(O)N2)cn1. The Hall–Kier alpha value is -3.35. The number of aliphatic hydroxyl groups is 1. The molecule has 1 fully saturated rings. The molecule has 8 nitrogen and oxygen atoms in total. The summed E-state index contributed by atoms with van der Waals surface area (Å²) in [5.41, 5.74) is 4.18. The maximum absolute atomic E-state index is 12.9. The summed E-state index contributed by atoms with van der Waals surface area (Å²) >= 11 is 0. The molecule has 132 valence electrons. The van der Waals surface area contributed by atoms with Crippen LogP contribution in [0.4, 0.5) is 15.8 Å². The molecule has 0 aliphatic carbocycles. The Morgan fingerprint density at radius 3 is 2.77 bits per heavy atom. The van der Waals surface area contributed by atoms with Crippen molar-refractivity contribution in [2.75, 3.05) is 23.5 Å². The molecule has 1 aliphatic rings. The number of benzene rings is 1. The largest absolute Gasteiger partial charge is 0.371 e. The van der Waals surface area contributed by atoms with E-state index in [4.69, 9.17) is 5.26 Å². The van der Waals surface area contributed by atoms with Crippen molar-refractivity contribution < 1.29 is 14.3 Å². The molecule has 0 radical (unpaired) electrons. The zero-order valence-corrected chi connectivity index (χ0v) is 13.6. The predicted molar refractivity (Wildman–Crippen MR) is 92.8 cm³/mol. The Balaban J connectivity index is 1.63. The first kappa shape index (κ1) is 17.5. The Kier molecular flexibility index (Phi) is 5.17. The average Bonchev–Trinajstić information content (AvgIpc) is 2.65. The average molecular weight is 354 g/mol. The van der Waals surface area contributed by atoms with Crippen molar-refractivity contribution in [2.45, 2.75) is 6.23 Å². The number of nitriles is 1. The van der Waals surface area contributed by atoms with E-state index in [1.807, 2.05) is 6.07 Å². The molecule has 3 N–H and O–H groups in total. The smallest absolute Gasteiger partial charge is 0.201 e. The highest BCUT2D eigenvalue weighted by Crippen LogP contribution is 2.14. The lowest BCUT2D eigenvalue weighted by Crippen LogP contribution is -2.59. The van der Waals surface area contributed by atoms with Gasteiger partial charge < -0.3 is 10.4 Å². The zero-order chi connectivity index (χ0) is 18.5. The van der Waals surface area contributed by atoms with Crippen molar-refractivity contribution in [3.8, 4) is 6.07 Å². The summed E-state index contributed by atoms with van der Waals surface area (Å²) < 4.78 is 12.9.